The summed E-state index contributed by atoms with van der Waals surface area (Å²) in [5, 5.41) is 2.43. The van der Waals surface area contributed by atoms with Crippen molar-refractivity contribution in [2.75, 3.05) is 26.7 Å². The molecule has 0 atom stereocenters. The van der Waals surface area contributed by atoms with E-state index in [2.05, 4.69) is 12.2 Å². The quantitative estimate of drug-likeness (QED) is 0.524. The first-order chi connectivity index (χ1) is 11.5. The van der Waals surface area contributed by atoms with Gasteiger partial charge in [-0.1, -0.05) is 45.4 Å². The molecule has 0 heterocycles. The number of hydrogen-bond donors (Lipinski definition) is 2. The van der Waals surface area contributed by atoms with Crippen molar-refractivity contribution in [3.8, 4) is 0 Å². The minimum atomic E-state index is 0.245. The molecular weight excluding hydrogens is 302 g/mol. The minimum absolute atomic E-state index is 0.245. The highest BCUT2D eigenvalue weighted by Gasteiger charge is 2.06. The van der Waals surface area contributed by atoms with Crippen LogP contribution in [0.5, 0.6) is 0 Å². The molecule has 24 heavy (non-hydrogen) atoms. The van der Waals surface area contributed by atoms with Crippen molar-refractivity contribution in [3.05, 3.63) is 0 Å². The average Bonchev–Trinajstić information content (AvgIpc) is 2.60. The van der Waals surface area contributed by atoms with Gasteiger partial charge in [-0.3, -0.25) is 9.59 Å². The number of nitrogens with one attached hydrogen (secondary N) is 1. The van der Waals surface area contributed by atoms with Crippen LogP contribution < -0.4 is 11.1 Å². The number of nitrogens with two attached hydrogens (primary N) is 1. The number of carbonyl (C=O) groups is 2. The van der Waals surface area contributed by atoms with Crippen molar-refractivity contribution in [1.82, 2.24) is 10.2 Å². The van der Waals surface area contributed by atoms with Gasteiger partial charge in [-0.25, -0.2) is 0 Å². The zero-order valence-corrected chi connectivity index (χ0v) is 16.5. The van der Waals surface area contributed by atoms with Crippen LogP contribution in [-0.4, -0.2) is 43.9 Å². The maximum Gasteiger partial charge on any atom is 0.222 e. The lowest BCUT2D eigenvalue weighted by Crippen LogP contribution is -2.25. The van der Waals surface area contributed by atoms with Crippen molar-refractivity contribution in [3.63, 3.8) is 0 Å². The second-order valence-electron chi connectivity index (χ2n) is 6.43. The molecule has 0 aromatic carbocycles. The van der Waals surface area contributed by atoms with E-state index in [4.69, 9.17) is 5.73 Å². The molecule has 0 aliphatic heterocycles. The smallest absolute Gasteiger partial charge is 0.222 e. The maximum atomic E-state index is 11.2. The lowest BCUT2D eigenvalue weighted by atomic mass is 9.91. The van der Waals surface area contributed by atoms with Gasteiger partial charge in [0.25, 0.3) is 0 Å². The van der Waals surface area contributed by atoms with Crippen LogP contribution in [0.4, 0.5) is 0 Å². The van der Waals surface area contributed by atoms with Crippen LogP contribution in [0.3, 0.4) is 0 Å². The van der Waals surface area contributed by atoms with Gasteiger partial charge in [-0.15, -0.1) is 0 Å². The van der Waals surface area contributed by atoms with Crippen molar-refractivity contribution in [2.45, 2.75) is 78.6 Å². The van der Waals surface area contributed by atoms with E-state index in [1.807, 2.05) is 20.9 Å². The SMILES string of the molecule is CC1CCCCC1.CCN(C)C(=O)CCCCCN.CCNC=O. The topological polar surface area (TPSA) is 75.4 Å². The summed E-state index contributed by atoms with van der Waals surface area (Å²) >= 11 is 0. The summed E-state index contributed by atoms with van der Waals surface area (Å²) in [6, 6.07) is 0. The molecule has 2 amide bonds. The zero-order chi connectivity index (χ0) is 18.6. The van der Waals surface area contributed by atoms with Gasteiger partial charge < -0.3 is 16.0 Å². The second kappa shape index (κ2) is 19.9. The molecule has 0 aromatic heterocycles. The van der Waals surface area contributed by atoms with Crippen LogP contribution in [-0.2, 0) is 9.59 Å². The molecule has 1 fully saturated rings. The summed E-state index contributed by atoms with van der Waals surface area (Å²) in [4.78, 5) is 22.3. The highest BCUT2D eigenvalue weighted by molar-refractivity contribution is 5.75. The van der Waals surface area contributed by atoms with E-state index in [1.54, 1.807) is 4.90 Å². The number of nitrogens with zero attached hydrogens (tertiary/aromatic N) is 1. The maximum absolute atomic E-state index is 11.2. The molecule has 1 saturated carbocycles. The fraction of sp³-hybridized carbons (Fsp3) is 0.895. The standard InChI is InChI=1S/C9H20N2O.C7H14.C3H7NO/c1-3-11(2)9(12)7-5-4-6-8-10;1-7-5-3-2-4-6-7;1-2-4-3-5/h3-8,10H2,1-2H3;7H,2-6H2,1H3;3H,2H2,1H3,(H,4,5). The average molecular weight is 344 g/mol. The Bertz CT molecular complexity index is 280. The summed E-state index contributed by atoms with van der Waals surface area (Å²) in [6.07, 6.45) is 11.9. The number of rotatable bonds is 8. The van der Waals surface area contributed by atoms with Crippen LogP contribution in [0.25, 0.3) is 0 Å². The minimum Gasteiger partial charge on any atom is -0.359 e. The fourth-order valence-electron chi connectivity index (χ4n) is 2.35. The van der Waals surface area contributed by atoms with Gasteiger partial charge >= 0.3 is 0 Å². The molecule has 1 rings (SSSR count). The fourth-order valence-corrected chi connectivity index (χ4v) is 2.35. The molecular formula is C19H41N3O2. The number of unbranched alkanes of at least 4 members (excludes halogenated alkanes) is 2. The van der Waals surface area contributed by atoms with Crippen molar-refractivity contribution >= 4 is 12.3 Å². The Labute approximate surface area is 149 Å². The first-order valence-electron chi connectivity index (χ1n) is 9.64. The summed E-state index contributed by atoms with van der Waals surface area (Å²) in [5.41, 5.74) is 5.34. The first kappa shape index (κ1) is 25.1. The van der Waals surface area contributed by atoms with E-state index in [1.165, 1.54) is 32.1 Å². The van der Waals surface area contributed by atoms with Crippen LogP contribution >= 0.6 is 0 Å². The van der Waals surface area contributed by atoms with Crippen molar-refractivity contribution in [1.29, 1.82) is 0 Å². The lowest BCUT2D eigenvalue weighted by Gasteiger charge is -2.15. The Kier molecular flexibility index (Phi) is 20.9. The van der Waals surface area contributed by atoms with Crippen LogP contribution in [0, 0.1) is 5.92 Å². The van der Waals surface area contributed by atoms with Gasteiger partial charge in [0.1, 0.15) is 0 Å². The molecule has 0 spiro atoms. The van der Waals surface area contributed by atoms with Gasteiger partial charge in [0.2, 0.25) is 12.3 Å². The Morgan fingerprint density at radius 3 is 2.12 bits per heavy atom. The predicted molar refractivity (Wildman–Crippen MR) is 103 cm³/mol. The Morgan fingerprint density at radius 2 is 1.79 bits per heavy atom. The Hall–Kier alpha value is -1.10. The van der Waals surface area contributed by atoms with E-state index < -0.39 is 0 Å². The molecule has 3 N–H and O–H groups in total. The first-order valence-corrected chi connectivity index (χ1v) is 9.64. The monoisotopic (exact) mass is 343 g/mol. The van der Waals surface area contributed by atoms with Crippen molar-refractivity contribution < 1.29 is 9.59 Å². The molecule has 5 heteroatoms. The number of carbonyl (C=O) groups excluding carboxylic acids is 2. The van der Waals surface area contributed by atoms with Crippen LogP contribution in [0.15, 0.2) is 0 Å². The van der Waals surface area contributed by atoms with Crippen LogP contribution in [0.2, 0.25) is 0 Å². The van der Waals surface area contributed by atoms with E-state index in [-0.39, 0.29) is 5.91 Å². The van der Waals surface area contributed by atoms with E-state index in [0.29, 0.717) is 12.8 Å². The molecule has 1 aliphatic carbocycles. The lowest BCUT2D eigenvalue weighted by molar-refractivity contribution is -0.129. The summed E-state index contributed by atoms with van der Waals surface area (Å²) in [7, 11) is 1.84. The van der Waals surface area contributed by atoms with E-state index >= 15 is 0 Å². The predicted octanol–water partition coefficient (Wildman–Crippen LogP) is 3.32. The highest BCUT2D eigenvalue weighted by atomic mass is 16.2. The zero-order valence-electron chi connectivity index (χ0n) is 16.5. The molecule has 0 bridgehead atoms. The number of amides is 2. The van der Waals surface area contributed by atoms with E-state index in [0.717, 1.165) is 44.8 Å². The molecule has 1 aliphatic rings. The summed E-state index contributed by atoms with van der Waals surface area (Å²) in [5.74, 6) is 1.28. The van der Waals surface area contributed by atoms with Gasteiger partial charge in [-0.2, -0.15) is 0 Å². The summed E-state index contributed by atoms with van der Waals surface area (Å²) < 4.78 is 0. The largest absolute Gasteiger partial charge is 0.359 e. The highest BCUT2D eigenvalue weighted by Crippen LogP contribution is 2.22. The molecule has 0 aromatic rings. The molecule has 144 valence electrons. The second-order valence-corrected chi connectivity index (χ2v) is 6.43. The van der Waals surface area contributed by atoms with Gasteiger partial charge in [0.05, 0.1) is 0 Å². The van der Waals surface area contributed by atoms with Gasteiger partial charge in [0, 0.05) is 26.6 Å². The molecule has 0 radical (unpaired) electrons. The van der Waals surface area contributed by atoms with E-state index in [9.17, 15) is 9.59 Å². The third-order valence-electron chi connectivity index (χ3n) is 4.18. The van der Waals surface area contributed by atoms with Crippen LogP contribution in [0.1, 0.15) is 78.6 Å². The normalized spacial score (nSPS) is 13.7. The van der Waals surface area contributed by atoms with Gasteiger partial charge in [0.15, 0.2) is 0 Å². The third kappa shape index (κ3) is 18.9. The molecule has 5 nitrogen and oxygen atoms in total. The third-order valence-corrected chi connectivity index (χ3v) is 4.18. The van der Waals surface area contributed by atoms with Gasteiger partial charge in [-0.05, 0) is 39.2 Å². The molecule has 0 unspecified atom stereocenters. The Balaban J connectivity index is 0. The number of hydrogen-bond acceptors (Lipinski definition) is 3. The summed E-state index contributed by atoms with van der Waals surface area (Å²) in [6.45, 7) is 8.47. The van der Waals surface area contributed by atoms with Crippen molar-refractivity contribution in [2.24, 2.45) is 11.7 Å². The Morgan fingerprint density at radius 1 is 1.17 bits per heavy atom. The molecule has 0 saturated heterocycles.